The molecule has 1 unspecified atom stereocenters. The number of hydrogen-bond acceptors (Lipinski definition) is 4. The highest BCUT2D eigenvalue weighted by atomic mass is 16.5. The van der Waals surface area contributed by atoms with Crippen LogP contribution in [0.1, 0.15) is 26.3 Å². The number of nitrogens with one attached hydrogen (secondary N) is 2. The first kappa shape index (κ1) is 20.5. The molecule has 1 fully saturated rings. The number of benzene rings is 1. The second-order valence-corrected chi connectivity index (χ2v) is 6.74. The second kappa shape index (κ2) is 11.0. The maximum absolute atomic E-state index is 5.20. The molecule has 1 saturated heterocycles. The Labute approximate surface area is 158 Å². The molecule has 6 nitrogen and oxygen atoms in total. The first-order valence-corrected chi connectivity index (χ1v) is 9.77. The van der Waals surface area contributed by atoms with Crippen molar-refractivity contribution in [2.45, 2.75) is 33.4 Å². The van der Waals surface area contributed by atoms with Gasteiger partial charge < -0.3 is 20.3 Å². The van der Waals surface area contributed by atoms with E-state index in [1.165, 1.54) is 18.7 Å². The van der Waals surface area contributed by atoms with Gasteiger partial charge in [-0.3, -0.25) is 4.90 Å². The molecule has 6 heteroatoms. The Morgan fingerprint density at radius 2 is 1.81 bits per heavy atom. The van der Waals surface area contributed by atoms with Crippen molar-refractivity contribution in [1.29, 1.82) is 0 Å². The van der Waals surface area contributed by atoms with E-state index in [1.54, 1.807) is 7.11 Å². The lowest BCUT2D eigenvalue weighted by Gasteiger charge is -2.37. The molecule has 0 aliphatic carbocycles. The van der Waals surface area contributed by atoms with E-state index in [-0.39, 0.29) is 0 Å². The number of aliphatic imine (C=N–C) groups is 1. The van der Waals surface area contributed by atoms with Gasteiger partial charge in [-0.1, -0.05) is 19.1 Å². The first-order valence-electron chi connectivity index (χ1n) is 9.77. The van der Waals surface area contributed by atoms with Crippen LogP contribution < -0.4 is 15.4 Å². The Balaban J connectivity index is 1.82. The molecule has 0 amide bonds. The minimum absolute atomic E-state index is 0.499. The Morgan fingerprint density at radius 3 is 2.38 bits per heavy atom. The highest BCUT2D eigenvalue weighted by Gasteiger charge is 2.20. The zero-order valence-corrected chi connectivity index (χ0v) is 16.8. The summed E-state index contributed by atoms with van der Waals surface area (Å²) in [7, 11) is 1.68. The third kappa shape index (κ3) is 6.50. The molecule has 0 saturated carbocycles. The minimum Gasteiger partial charge on any atom is -0.497 e. The average Bonchev–Trinajstić information content (AvgIpc) is 2.70. The number of methoxy groups -OCH3 is 1. The summed E-state index contributed by atoms with van der Waals surface area (Å²) in [5.41, 5.74) is 1.17. The van der Waals surface area contributed by atoms with Crippen LogP contribution in [0, 0.1) is 0 Å². The van der Waals surface area contributed by atoms with Crippen molar-refractivity contribution in [2.24, 2.45) is 4.99 Å². The summed E-state index contributed by atoms with van der Waals surface area (Å²) in [5.74, 6) is 1.75. The molecule has 1 aliphatic rings. The van der Waals surface area contributed by atoms with Crippen molar-refractivity contribution in [3.63, 3.8) is 0 Å². The van der Waals surface area contributed by atoms with Crippen molar-refractivity contribution in [2.75, 3.05) is 52.9 Å². The molecular formula is C20H35N5O. The monoisotopic (exact) mass is 361 g/mol. The van der Waals surface area contributed by atoms with Crippen LogP contribution in [-0.4, -0.2) is 74.7 Å². The van der Waals surface area contributed by atoms with Crippen LogP contribution in [0.25, 0.3) is 0 Å². The van der Waals surface area contributed by atoms with E-state index in [9.17, 15) is 0 Å². The van der Waals surface area contributed by atoms with Crippen LogP contribution in [0.4, 0.5) is 0 Å². The Morgan fingerprint density at radius 1 is 1.12 bits per heavy atom. The van der Waals surface area contributed by atoms with Crippen LogP contribution in [0.3, 0.4) is 0 Å². The van der Waals surface area contributed by atoms with Crippen LogP contribution >= 0.6 is 0 Å². The van der Waals surface area contributed by atoms with Gasteiger partial charge in [0.15, 0.2) is 5.96 Å². The molecule has 1 aromatic carbocycles. The van der Waals surface area contributed by atoms with Crippen molar-refractivity contribution in [3.8, 4) is 5.75 Å². The zero-order chi connectivity index (χ0) is 18.8. The van der Waals surface area contributed by atoms with Crippen LogP contribution in [-0.2, 0) is 6.54 Å². The summed E-state index contributed by atoms with van der Waals surface area (Å²) in [6.45, 7) is 14.8. The Kier molecular flexibility index (Phi) is 8.71. The van der Waals surface area contributed by atoms with E-state index >= 15 is 0 Å². The van der Waals surface area contributed by atoms with E-state index in [0.29, 0.717) is 12.6 Å². The van der Waals surface area contributed by atoms with Gasteiger partial charge in [0.25, 0.3) is 0 Å². The van der Waals surface area contributed by atoms with Gasteiger partial charge in [0, 0.05) is 45.3 Å². The highest BCUT2D eigenvalue weighted by molar-refractivity contribution is 5.79. The third-order valence-electron chi connectivity index (χ3n) is 4.97. The number of piperazine rings is 1. The molecule has 146 valence electrons. The molecule has 1 aliphatic heterocycles. The molecule has 2 N–H and O–H groups in total. The lowest BCUT2D eigenvalue weighted by atomic mass is 10.2. The van der Waals surface area contributed by atoms with Gasteiger partial charge >= 0.3 is 0 Å². The van der Waals surface area contributed by atoms with Crippen molar-refractivity contribution >= 4 is 5.96 Å². The van der Waals surface area contributed by atoms with E-state index in [4.69, 9.17) is 9.73 Å². The topological polar surface area (TPSA) is 52.1 Å². The summed E-state index contributed by atoms with van der Waals surface area (Å²) in [6, 6.07) is 8.56. The van der Waals surface area contributed by atoms with Gasteiger partial charge in [0.05, 0.1) is 13.7 Å². The Hall–Kier alpha value is -1.79. The first-order chi connectivity index (χ1) is 12.7. The summed E-state index contributed by atoms with van der Waals surface area (Å²) >= 11 is 0. The predicted octanol–water partition coefficient (Wildman–Crippen LogP) is 1.78. The quantitative estimate of drug-likeness (QED) is 0.546. The molecule has 26 heavy (non-hydrogen) atoms. The largest absolute Gasteiger partial charge is 0.497 e. The summed E-state index contributed by atoms with van der Waals surface area (Å²) in [5, 5.41) is 6.83. The van der Waals surface area contributed by atoms with E-state index in [0.717, 1.165) is 44.4 Å². The molecule has 0 spiro atoms. The standard InChI is InChI=1S/C20H35N5O/c1-5-21-20(23-16-18-7-9-19(26-4)10-8-18)22-15-17(3)25-13-11-24(6-2)12-14-25/h7-10,17H,5-6,11-16H2,1-4H3,(H2,21,22,23). The molecule has 0 radical (unpaired) electrons. The summed E-state index contributed by atoms with van der Waals surface area (Å²) < 4.78 is 5.20. The maximum atomic E-state index is 5.20. The van der Waals surface area contributed by atoms with E-state index in [2.05, 4.69) is 53.3 Å². The second-order valence-electron chi connectivity index (χ2n) is 6.74. The minimum atomic E-state index is 0.499. The number of ether oxygens (including phenoxy) is 1. The fourth-order valence-corrected chi connectivity index (χ4v) is 3.14. The van der Waals surface area contributed by atoms with Crippen LogP contribution in [0.2, 0.25) is 0 Å². The molecule has 0 aromatic heterocycles. The summed E-state index contributed by atoms with van der Waals surface area (Å²) in [4.78, 5) is 9.78. The zero-order valence-electron chi connectivity index (χ0n) is 16.8. The predicted molar refractivity (Wildman–Crippen MR) is 109 cm³/mol. The van der Waals surface area contributed by atoms with Gasteiger partial charge in [0.2, 0.25) is 0 Å². The molecule has 1 atom stereocenters. The maximum Gasteiger partial charge on any atom is 0.191 e. The van der Waals surface area contributed by atoms with Gasteiger partial charge in [-0.2, -0.15) is 0 Å². The van der Waals surface area contributed by atoms with Crippen molar-refractivity contribution < 1.29 is 4.74 Å². The number of rotatable bonds is 8. The van der Waals surface area contributed by atoms with Gasteiger partial charge in [-0.05, 0) is 38.1 Å². The fourth-order valence-electron chi connectivity index (χ4n) is 3.14. The number of hydrogen-bond donors (Lipinski definition) is 2. The number of guanidine groups is 1. The molecule has 1 heterocycles. The molecule has 0 bridgehead atoms. The van der Waals surface area contributed by atoms with E-state index < -0.39 is 0 Å². The number of nitrogens with zero attached hydrogens (tertiary/aromatic N) is 3. The molecule has 2 rings (SSSR count). The number of likely N-dealkylation sites (N-methyl/N-ethyl adjacent to an activating group) is 1. The fraction of sp³-hybridized carbons (Fsp3) is 0.650. The lowest BCUT2D eigenvalue weighted by molar-refractivity contribution is 0.107. The van der Waals surface area contributed by atoms with Crippen molar-refractivity contribution in [3.05, 3.63) is 29.8 Å². The third-order valence-corrected chi connectivity index (χ3v) is 4.97. The average molecular weight is 362 g/mol. The SMILES string of the molecule is CCNC(=NCc1ccc(OC)cc1)NCC(C)N1CCN(CC)CC1. The van der Waals surface area contributed by atoms with Crippen LogP contribution in [0.5, 0.6) is 5.75 Å². The van der Waals surface area contributed by atoms with E-state index in [1.807, 2.05) is 12.1 Å². The van der Waals surface area contributed by atoms with Crippen LogP contribution in [0.15, 0.2) is 29.3 Å². The Bertz CT molecular complexity index is 538. The lowest BCUT2D eigenvalue weighted by Crippen LogP contribution is -2.53. The smallest absolute Gasteiger partial charge is 0.191 e. The van der Waals surface area contributed by atoms with Gasteiger partial charge in [-0.15, -0.1) is 0 Å². The highest BCUT2D eigenvalue weighted by Crippen LogP contribution is 2.11. The van der Waals surface area contributed by atoms with Gasteiger partial charge in [-0.25, -0.2) is 4.99 Å². The molecule has 1 aromatic rings. The summed E-state index contributed by atoms with van der Waals surface area (Å²) in [6.07, 6.45) is 0. The van der Waals surface area contributed by atoms with Crippen molar-refractivity contribution in [1.82, 2.24) is 20.4 Å². The van der Waals surface area contributed by atoms with Gasteiger partial charge in [0.1, 0.15) is 5.75 Å². The normalized spacial score (nSPS) is 17.8. The molecular weight excluding hydrogens is 326 g/mol.